The zero-order valence-corrected chi connectivity index (χ0v) is 18.0. The maximum Gasteiger partial charge on any atom is 0.166 e. The van der Waals surface area contributed by atoms with Crippen LogP contribution in [0.1, 0.15) is 84.5 Å². The van der Waals surface area contributed by atoms with Crippen LogP contribution in [0.5, 0.6) is 0 Å². The molecule has 1 heterocycles. The highest BCUT2D eigenvalue weighted by atomic mass is 16.3. The van der Waals surface area contributed by atoms with Crippen molar-refractivity contribution in [3.05, 3.63) is 11.8 Å². The van der Waals surface area contributed by atoms with Crippen LogP contribution in [0.4, 0.5) is 0 Å². The Morgan fingerprint density at radius 3 is 2.57 bits per heavy atom. The first-order valence-electron chi connectivity index (χ1n) is 12.1. The topological polar surface area (TPSA) is 40.5 Å². The lowest BCUT2D eigenvalue weighted by Gasteiger charge is -2.59. The van der Waals surface area contributed by atoms with Crippen molar-refractivity contribution in [3.63, 3.8) is 0 Å². The Morgan fingerprint density at radius 1 is 1.00 bits per heavy atom. The zero-order chi connectivity index (χ0) is 19.5. The number of hydrogen-bond donors (Lipinski definition) is 1. The molecule has 5 fully saturated rings. The second-order valence-electron chi connectivity index (χ2n) is 11.3. The van der Waals surface area contributed by atoms with E-state index in [1.165, 1.54) is 44.9 Å². The van der Waals surface area contributed by atoms with Gasteiger partial charge in [0.15, 0.2) is 5.78 Å². The molecule has 156 valence electrons. The summed E-state index contributed by atoms with van der Waals surface area (Å²) in [6, 6.07) is 0. The molecule has 5 aliphatic rings. The molecule has 7 unspecified atom stereocenters. The van der Waals surface area contributed by atoms with Crippen molar-refractivity contribution >= 4 is 5.78 Å². The van der Waals surface area contributed by atoms with Gasteiger partial charge in [-0.1, -0.05) is 13.8 Å². The van der Waals surface area contributed by atoms with Crippen LogP contribution < -0.4 is 0 Å². The van der Waals surface area contributed by atoms with Gasteiger partial charge in [-0.05, 0) is 99.7 Å². The summed E-state index contributed by atoms with van der Waals surface area (Å²) in [5.74, 6) is 3.21. The summed E-state index contributed by atoms with van der Waals surface area (Å²) in [5, 5.41) is 10.2. The molecule has 0 aromatic carbocycles. The van der Waals surface area contributed by atoms with E-state index >= 15 is 0 Å². The molecule has 0 bridgehead atoms. The average Bonchev–Trinajstić information content (AvgIpc) is 2.94. The standard InChI is InChI=1S/C25H39NO2/c1-24-10-8-19(27)15-18(24)6-7-20-21(24)9-11-25(2)22(20)14-17(23(25)28)16-26-12-4-3-5-13-26/h16,18-22,27H,3-15H2,1-2H3/b17-16-. The van der Waals surface area contributed by atoms with Crippen molar-refractivity contribution in [2.45, 2.75) is 90.6 Å². The van der Waals surface area contributed by atoms with Crippen LogP contribution in [0.15, 0.2) is 11.8 Å². The highest BCUT2D eigenvalue weighted by molar-refractivity contribution is 6.02. The van der Waals surface area contributed by atoms with Crippen LogP contribution in [0.2, 0.25) is 0 Å². The molecule has 0 amide bonds. The number of aliphatic hydroxyl groups is 1. The number of ketones is 1. The quantitative estimate of drug-likeness (QED) is 0.650. The fraction of sp³-hybridized carbons (Fsp3) is 0.880. The number of Topliss-reactive ketones (excluding diaryl/α,β-unsaturated/α-hetero) is 1. The van der Waals surface area contributed by atoms with E-state index in [0.29, 0.717) is 29.0 Å². The van der Waals surface area contributed by atoms with Crippen LogP contribution in [0.3, 0.4) is 0 Å². The Hall–Kier alpha value is -0.830. The van der Waals surface area contributed by atoms with Gasteiger partial charge in [0.25, 0.3) is 0 Å². The van der Waals surface area contributed by atoms with Crippen molar-refractivity contribution in [1.82, 2.24) is 4.90 Å². The van der Waals surface area contributed by atoms with E-state index < -0.39 is 0 Å². The third kappa shape index (κ3) is 2.82. The second kappa shape index (κ2) is 6.86. The summed E-state index contributed by atoms with van der Waals surface area (Å²) >= 11 is 0. The number of carbonyl (C=O) groups excluding carboxylic acids is 1. The highest BCUT2D eigenvalue weighted by Crippen LogP contribution is 2.66. The van der Waals surface area contributed by atoms with E-state index in [-0.39, 0.29) is 11.5 Å². The number of allylic oxidation sites excluding steroid dienone is 1. The molecule has 0 aromatic rings. The third-order valence-electron chi connectivity index (χ3n) is 10.0. The molecule has 4 aliphatic carbocycles. The van der Waals surface area contributed by atoms with Gasteiger partial charge < -0.3 is 10.0 Å². The number of piperidine rings is 1. The number of hydrogen-bond acceptors (Lipinski definition) is 3. The molecule has 1 aliphatic heterocycles. The van der Waals surface area contributed by atoms with Crippen molar-refractivity contribution in [3.8, 4) is 0 Å². The summed E-state index contributed by atoms with van der Waals surface area (Å²) in [6.45, 7) is 7.09. The van der Waals surface area contributed by atoms with Gasteiger partial charge in [-0.25, -0.2) is 0 Å². The summed E-state index contributed by atoms with van der Waals surface area (Å²) in [5.41, 5.74) is 1.42. The SMILES string of the molecule is CC12CCC3C(CCC4CC(O)CCC43C)C1C/C(=C/N1CCCCC1)C2=O. The van der Waals surface area contributed by atoms with Crippen LogP contribution in [-0.2, 0) is 4.79 Å². The summed E-state index contributed by atoms with van der Waals surface area (Å²) in [6.07, 6.45) is 15.1. The highest BCUT2D eigenvalue weighted by Gasteiger charge is 2.61. The number of nitrogens with zero attached hydrogens (tertiary/aromatic N) is 1. The van der Waals surface area contributed by atoms with Crippen LogP contribution in [0.25, 0.3) is 0 Å². The summed E-state index contributed by atoms with van der Waals surface area (Å²) in [4.78, 5) is 15.9. The molecule has 3 heteroatoms. The molecule has 1 saturated heterocycles. The van der Waals surface area contributed by atoms with E-state index in [1.807, 2.05) is 0 Å². The fourth-order valence-corrected chi connectivity index (χ4v) is 8.29. The molecule has 7 atom stereocenters. The molecule has 4 saturated carbocycles. The van der Waals surface area contributed by atoms with E-state index in [9.17, 15) is 9.90 Å². The Bertz CT molecular complexity index is 665. The van der Waals surface area contributed by atoms with Gasteiger partial charge in [0, 0.05) is 30.3 Å². The third-order valence-corrected chi connectivity index (χ3v) is 10.0. The Balaban J connectivity index is 1.40. The number of likely N-dealkylation sites (tertiary alicyclic amines) is 1. The lowest BCUT2D eigenvalue weighted by Crippen LogP contribution is -2.54. The van der Waals surface area contributed by atoms with Crippen molar-refractivity contribution in [2.24, 2.45) is 34.5 Å². The number of fused-ring (bicyclic) bond motifs is 5. The molecule has 3 nitrogen and oxygen atoms in total. The number of aliphatic hydroxyl groups excluding tert-OH is 1. The first-order chi connectivity index (χ1) is 13.4. The minimum atomic E-state index is -0.111. The number of rotatable bonds is 1. The van der Waals surface area contributed by atoms with Gasteiger partial charge in [0.2, 0.25) is 0 Å². The average molecular weight is 386 g/mol. The molecule has 0 spiro atoms. The molecule has 0 aromatic heterocycles. The van der Waals surface area contributed by atoms with E-state index in [0.717, 1.165) is 50.3 Å². The fourth-order valence-electron chi connectivity index (χ4n) is 8.29. The Morgan fingerprint density at radius 2 is 1.79 bits per heavy atom. The minimum absolute atomic E-state index is 0.0735. The van der Waals surface area contributed by atoms with Gasteiger partial charge in [0.1, 0.15) is 0 Å². The molecular weight excluding hydrogens is 346 g/mol. The van der Waals surface area contributed by atoms with E-state index in [1.54, 1.807) is 0 Å². The lowest BCUT2D eigenvalue weighted by molar-refractivity contribution is -0.141. The first kappa shape index (κ1) is 19.2. The summed E-state index contributed by atoms with van der Waals surface area (Å²) in [7, 11) is 0. The van der Waals surface area contributed by atoms with Crippen molar-refractivity contribution in [1.29, 1.82) is 0 Å². The Kier molecular flexibility index (Phi) is 4.69. The van der Waals surface area contributed by atoms with Crippen molar-refractivity contribution < 1.29 is 9.90 Å². The molecule has 28 heavy (non-hydrogen) atoms. The van der Waals surface area contributed by atoms with Crippen LogP contribution in [0, 0.1) is 34.5 Å². The molecular formula is C25H39NO2. The van der Waals surface area contributed by atoms with Crippen molar-refractivity contribution in [2.75, 3.05) is 13.1 Å². The van der Waals surface area contributed by atoms with E-state index in [4.69, 9.17) is 0 Å². The predicted octanol–water partition coefficient (Wildman–Crippen LogP) is 4.94. The minimum Gasteiger partial charge on any atom is -0.393 e. The van der Waals surface area contributed by atoms with Gasteiger partial charge in [0.05, 0.1) is 6.10 Å². The largest absolute Gasteiger partial charge is 0.393 e. The molecule has 1 N–H and O–H groups in total. The monoisotopic (exact) mass is 385 g/mol. The smallest absolute Gasteiger partial charge is 0.166 e. The van der Waals surface area contributed by atoms with Gasteiger partial charge in [-0.2, -0.15) is 0 Å². The van der Waals surface area contributed by atoms with Crippen LogP contribution in [-0.4, -0.2) is 35.0 Å². The zero-order valence-electron chi connectivity index (χ0n) is 18.0. The maximum absolute atomic E-state index is 13.5. The van der Waals surface area contributed by atoms with Crippen LogP contribution >= 0.6 is 0 Å². The lowest BCUT2D eigenvalue weighted by atomic mass is 9.45. The van der Waals surface area contributed by atoms with Gasteiger partial charge in [-0.3, -0.25) is 4.79 Å². The summed E-state index contributed by atoms with van der Waals surface area (Å²) < 4.78 is 0. The normalized spacial score (nSPS) is 50.2. The van der Waals surface area contributed by atoms with E-state index in [2.05, 4.69) is 24.9 Å². The molecule has 0 radical (unpaired) electrons. The molecule has 5 rings (SSSR count). The number of carbonyl (C=O) groups is 1. The first-order valence-corrected chi connectivity index (χ1v) is 12.1. The van der Waals surface area contributed by atoms with Gasteiger partial charge >= 0.3 is 0 Å². The second-order valence-corrected chi connectivity index (χ2v) is 11.3. The predicted molar refractivity (Wildman–Crippen MR) is 112 cm³/mol. The van der Waals surface area contributed by atoms with Gasteiger partial charge in [-0.15, -0.1) is 0 Å². The maximum atomic E-state index is 13.5. The Labute approximate surface area is 170 Å².